The number of carbonyl (C=O) groups excluding carboxylic acids is 1. The Balaban J connectivity index is 1.47. The number of rotatable bonds is 6. The molecule has 1 heterocycles. The number of piperazine rings is 1. The van der Waals surface area contributed by atoms with E-state index in [9.17, 15) is 17.6 Å². The van der Waals surface area contributed by atoms with Gasteiger partial charge in [-0.3, -0.25) is 9.10 Å². The average molecular weight is 536 g/mol. The highest BCUT2D eigenvalue weighted by Gasteiger charge is 2.25. The summed E-state index contributed by atoms with van der Waals surface area (Å²) in [5, 5.41) is 0.736. The van der Waals surface area contributed by atoms with Crippen LogP contribution in [0.4, 0.5) is 15.8 Å². The van der Waals surface area contributed by atoms with Gasteiger partial charge in [0, 0.05) is 47.4 Å². The summed E-state index contributed by atoms with van der Waals surface area (Å²) < 4.78 is 40.3. The largest absolute Gasteiger partial charge is 0.366 e. The van der Waals surface area contributed by atoms with Crippen LogP contribution in [0, 0.1) is 5.82 Å². The number of halogens is 3. The van der Waals surface area contributed by atoms with Crippen molar-refractivity contribution < 1.29 is 17.6 Å². The lowest BCUT2D eigenvalue weighted by Gasteiger charge is -2.36. The fourth-order valence-electron chi connectivity index (χ4n) is 4.04. The topological polar surface area (TPSA) is 60.9 Å². The molecule has 0 radical (unpaired) electrons. The van der Waals surface area contributed by atoms with Gasteiger partial charge in [-0.05, 0) is 48.5 Å². The zero-order valence-corrected chi connectivity index (χ0v) is 21.3. The number of anilines is 2. The first kappa shape index (κ1) is 25.3. The predicted octanol–water partition coefficient (Wildman–Crippen LogP) is 5.06. The summed E-state index contributed by atoms with van der Waals surface area (Å²) in [7, 11) is -3.65. The number of nitrogens with zero attached hydrogens (tertiary/aromatic N) is 3. The van der Waals surface area contributed by atoms with Gasteiger partial charge in [0.05, 0.1) is 24.2 Å². The highest BCUT2D eigenvalue weighted by molar-refractivity contribution is 7.92. The summed E-state index contributed by atoms with van der Waals surface area (Å²) >= 11 is 12.5. The maximum atomic E-state index is 14.1. The summed E-state index contributed by atoms with van der Waals surface area (Å²) in [4.78, 5) is 16.7. The van der Waals surface area contributed by atoms with E-state index in [2.05, 4.69) is 0 Å². The molecule has 1 saturated heterocycles. The number of para-hydroxylation sites is 1. The lowest BCUT2D eigenvalue weighted by atomic mass is 10.1. The Morgan fingerprint density at radius 3 is 2.09 bits per heavy atom. The number of hydrogen-bond donors (Lipinski definition) is 0. The minimum absolute atomic E-state index is 0.0390. The molecule has 1 aliphatic heterocycles. The smallest absolute Gasteiger partial charge is 0.253 e. The molecule has 0 unspecified atom stereocenters. The minimum Gasteiger partial charge on any atom is -0.366 e. The highest BCUT2D eigenvalue weighted by Crippen LogP contribution is 2.29. The number of benzene rings is 3. The van der Waals surface area contributed by atoms with Crippen LogP contribution in [0.25, 0.3) is 0 Å². The van der Waals surface area contributed by atoms with E-state index in [1.165, 1.54) is 10.4 Å². The van der Waals surface area contributed by atoms with Gasteiger partial charge >= 0.3 is 0 Å². The van der Waals surface area contributed by atoms with E-state index >= 15 is 0 Å². The highest BCUT2D eigenvalue weighted by atomic mass is 35.5. The number of sulfonamides is 1. The van der Waals surface area contributed by atoms with Gasteiger partial charge in [-0.1, -0.05) is 41.4 Å². The average Bonchev–Trinajstić information content (AvgIpc) is 2.83. The Hall–Kier alpha value is -2.81. The summed E-state index contributed by atoms with van der Waals surface area (Å²) in [6, 6.07) is 18.0. The maximum absolute atomic E-state index is 14.1. The zero-order valence-electron chi connectivity index (χ0n) is 19.0. The molecule has 1 amide bonds. The molecule has 0 spiro atoms. The molecule has 0 aromatic heterocycles. The van der Waals surface area contributed by atoms with E-state index in [0.29, 0.717) is 58.7 Å². The Bertz CT molecular complexity index is 1310. The molecule has 35 heavy (non-hydrogen) atoms. The van der Waals surface area contributed by atoms with Crippen molar-refractivity contribution >= 4 is 50.5 Å². The van der Waals surface area contributed by atoms with Gasteiger partial charge in [-0.15, -0.1) is 0 Å². The molecule has 0 N–H and O–H groups in total. The van der Waals surface area contributed by atoms with E-state index in [0.717, 1.165) is 6.26 Å². The third-order valence-electron chi connectivity index (χ3n) is 5.93. The van der Waals surface area contributed by atoms with Crippen LogP contribution in [0.1, 0.15) is 15.9 Å². The van der Waals surface area contributed by atoms with Crippen LogP contribution in [-0.4, -0.2) is 51.7 Å². The first-order valence-electron chi connectivity index (χ1n) is 10.9. The Morgan fingerprint density at radius 2 is 1.51 bits per heavy atom. The molecule has 3 aromatic carbocycles. The monoisotopic (exact) mass is 535 g/mol. The van der Waals surface area contributed by atoms with Gasteiger partial charge in [-0.2, -0.15) is 0 Å². The number of hydrogen-bond acceptors (Lipinski definition) is 4. The first-order valence-corrected chi connectivity index (χ1v) is 13.5. The van der Waals surface area contributed by atoms with Crippen molar-refractivity contribution in [3.63, 3.8) is 0 Å². The lowest BCUT2D eigenvalue weighted by Crippen LogP contribution is -2.49. The van der Waals surface area contributed by atoms with Gasteiger partial charge in [0.2, 0.25) is 10.0 Å². The lowest BCUT2D eigenvalue weighted by molar-refractivity contribution is 0.0746. The second kappa shape index (κ2) is 10.4. The normalized spacial score (nSPS) is 14.2. The summed E-state index contributed by atoms with van der Waals surface area (Å²) in [5.41, 5.74) is 1.86. The predicted molar refractivity (Wildman–Crippen MR) is 138 cm³/mol. The van der Waals surface area contributed by atoms with E-state index in [4.69, 9.17) is 23.2 Å². The standard InChI is InChI=1S/C25H24Cl2FN3O3S/c1-35(33,34)31(17-20-21(26)5-4-6-22(20)27)19-11-9-18(10-12-19)25(32)30-15-13-29(14-16-30)24-8-3-2-7-23(24)28/h2-12H,13-17H2,1H3. The third-order valence-corrected chi connectivity index (χ3v) is 7.77. The van der Waals surface area contributed by atoms with Gasteiger partial charge < -0.3 is 9.80 Å². The van der Waals surface area contributed by atoms with Gasteiger partial charge in [0.15, 0.2) is 0 Å². The molecule has 10 heteroatoms. The minimum atomic E-state index is -3.65. The van der Waals surface area contributed by atoms with Crippen LogP contribution >= 0.6 is 23.2 Å². The van der Waals surface area contributed by atoms with E-state index in [1.807, 2.05) is 4.90 Å². The fraction of sp³-hybridized carbons (Fsp3) is 0.240. The van der Waals surface area contributed by atoms with E-state index in [1.54, 1.807) is 65.6 Å². The van der Waals surface area contributed by atoms with Crippen molar-refractivity contribution in [3.05, 3.63) is 93.7 Å². The second-order valence-corrected chi connectivity index (χ2v) is 11.0. The van der Waals surface area contributed by atoms with Crippen LogP contribution in [0.5, 0.6) is 0 Å². The van der Waals surface area contributed by atoms with Crippen LogP contribution in [0.3, 0.4) is 0 Å². The van der Waals surface area contributed by atoms with Crippen LogP contribution in [-0.2, 0) is 16.6 Å². The van der Waals surface area contributed by atoms with Crippen molar-refractivity contribution in [3.8, 4) is 0 Å². The van der Waals surface area contributed by atoms with Crippen LogP contribution < -0.4 is 9.21 Å². The molecule has 0 atom stereocenters. The SMILES string of the molecule is CS(=O)(=O)N(Cc1c(Cl)cccc1Cl)c1ccc(C(=O)N2CCN(c3ccccc3F)CC2)cc1. The molecule has 0 saturated carbocycles. The van der Waals surface area contributed by atoms with Gasteiger partial charge in [0.25, 0.3) is 5.91 Å². The molecule has 0 aliphatic carbocycles. The second-order valence-electron chi connectivity index (χ2n) is 8.25. The van der Waals surface area contributed by atoms with Crippen LogP contribution in [0.15, 0.2) is 66.7 Å². The maximum Gasteiger partial charge on any atom is 0.253 e. The van der Waals surface area contributed by atoms with Crippen molar-refractivity contribution in [2.24, 2.45) is 0 Å². The van der Waals surface area contributed by atoms with Gasteiger partial charge in [-0.25, -0.2) is 12.8 Å². The molecule has 4 rings (SSSR count). The molecule has 184 valence electrons. The molecular formula is C25H24Cl2FN3O3S. The molecule has 6 nitrogen and oxygen atoms in total. The summed E-state index contributed by atoms with van der Waals surface area (Å²) in [6.07, 6.45) is 1.10. The third kappa shape index (κ3) is 5.72. The quantitative estimate of drug-likeness (QED) is 0.442. The summed E-state index contributed by atoms with van der Waals surface area (Å²) in [6.45, 7) is 1.91. The van der Waals surface area contributed by atoms with Crippen LogP contribution in [0.2, 0.25) is 10.0 Å². The molecule has 0 bridgehead atoms. The van der Waals surface area contributed by atoms with Gasteiger partial charge in [0.1, 0.15) is 5.82 Å². The van der Waals surface area contributed by atoms with Crippen molar-refractivity contribution in [1.82, 2.24) is 4.90 Å². The first-order chi connectivity index (χ1) is 16.6. The number of carbonyl (C=O) groups is 1. The zero-order chi connectivity index (χ0) is 25.2. The molecule has 1 aliphatic rings. The van der Waals surface area contributed by atoms with Crippen molar-refractivity contribution in [2.75, 3.05) is 41.6 Å². The van der Waals surface area contributed by atoms with E-state index in [-0.39, 0.29) is 18.3 Å². The Kier molecular flexibility index (Phi) is 7.54. The Morgan fingerprint density at radius 1 is 0.914 bits per heavy atom. The molecule has 1 fully saturated rings. The summed E-state index contributed by atoms with van der Waals surface area (Å²) in [5.74, 6) is -0.443. The van der Waals surface area contributed by atoms with Crippen molar-refractivity contribution in [1.29, 1.82) is 0 Å². The van der Waals surface area contributed by atoms with E-state index < -0.39 is 10.0 Å². The molecule has 3 aromatic rings. The molecular weight excluding hydrogens is 512 g/mol. The van der Waals surface area contributed by atoms with Crippen molar-refractivity contribution in [2.45, 2.75) is 6.54 Å². The fourth-order valence-corrected chi connectivity index (χ4v) is 5.42. The number of amides is 1. The Labute approximate surface area is 214 Å².